The summed E-state index contributed by atoms with van der Waals surface area (Å²) in [6.45, 7) is 6.16. The zero-order chi connectivity index (χ0) is 20.0. The number of carbonyl (C=O) groups excluding carboxylic acids is 1. The Balaban J connectivity index is 1.16. The fourth-order valence-electron chi connectivity index (χ4n) is 7.10. The second-order valence-corrected chi connectivity index (χ2v) is 10.3. The molecule has 2 N–H and O–H groups in total. The van der Waals surface area contributed by atoms with Crippen LogP contribution in [0.3, 0.4) is 0 Å². The monoisotopic (exact) mass is 398 g/mol. The van der Waals surface area contributed by atoms with Gasteiger partial charge in [0.05, 0.1) is 33.3 Å². The molecule has 1 aromatic rings. The Kier molecular flexibility index (Phi) is 4.97. The highest BCUT2D eigenvalue weighted by molar-refractivity contribution is 5.80. The molecule has 0 aromatic heterocycles. The molecule has 0 spiro atoms. The molecule has 4 bridgehead atoms. The first-order chi connectivity index (χ1) is 14.0. The number of nitrogens with zero attached hydrogens (tertiary/aromatic N) is 1. The van der Waals surface area contributed by atoms with E-state index in [1.165, 1.54) is 49.1 Å². The van der Waals surface area contributed by atoms with Gasteiger partial charge < -0.3 is 19.9 Å². The smallest absolute Gasteiger partial charge is 0.278 e. The van der Waals surface area contributed by atoms with E-state index in [1.54, 1.807) is 7.11 Å². The normalized spacial score (nSPS) is 34.8. The van der Waals surface area contributed by atoms with Crippen LogP contribution >= 0.6 is 0 Å². The van der Waals surface area contributed by atoms with Gasteiger partial charge >= 0.3 is 0 Å². The number of rotatable bonds is 5. The predicted molar refractivity (Wildman–Crippen MR) is 114 cm³/mol. The first-order valence-corrected chi connectivity index (χ1v) is 11.6. The molecule has 29 heavy (non-hydrogen) atoms. The van der Waals surface area contributed by atoms with Gasteiger partial charge in [-0.1, -0.05) is 0 Å². The van der Waals surface area contributed by atoms with E-state index < -0.39 is 0 Å². The molecule has 0 unspecified atom stereocenters. The third-order valence-corrected chi connectivity index (χ3v) is 8.28. The summed E-state index contributed by atoms with van der Waals surface area (Å²) in [5.41, 5.74) is 1.38. The van der Waals surface area contributed by atoms with Crippen molar-refractivity contribution in [1.82, 2.24) is 5.32 Å². The van der Waals surface area contributed by atoms with Gasteiger partial charge in [0.2, 0.25) is 0 Å². The van der Waals surface area contributed by atoms with Crippen molar-refractivity contribution in [1.29, 1.82) is 0 Å². The van der Waals surface area contributed by atoms with Crippen molar-refractivity contribution >= 4 is 11.6 Å². The number of anilines is 1. The zero-order valence-electron chi connectivity index (χ0n) is 18.0. The van der Waals surface area contributed by atoms with Crippen molar-refractivity contribution < 1.29 is 14.4 Å². The van der Waals surface area contributed by atoms with Gasteiger partial charge in [-0.05, 0) is 87.5 Å². The average Bonchev–Trinajstić information content (AvgIpc) is 2.72. The molecular formula is C24H36N3O2+. The van der Waals surface area contributed by atoms with E-state index in [0.29, 0.717) is 5.91 Å². The van der Waals surface area contributed by atoms with Crippen molar-refractivity contribution in [3.05, 3.63) is 24.3 Å². The van der Waals surface area contributed by atoms with Crippen LogP contribution in [0.2, 0.25) is 0 Å². The van der Waals surface area contributed by atoms with Crippen LogP contribution in [-0.4, -0.2) is 50.8 Å². The van der Waals surface area contributed by atoms with Gasteiger partial charge in [-0.15, -0.1) is 0 Å². The fraction of sp³-hybridized carbons (Fsp3) is 0.708. The summed E-state index contributed by atoms with van der Waals surface area (Å²) in [5.74, 6) is 3.81. The highest BCUT2D eigenvalue weighted by atomic mass is 16.5. The lowest BCUT2D eigenvalue weighted by Gasteiger charge is -2.57. The molecule has 5 aliphatic rings. The van der Waals surface area contributed by atoms with Gasteiger partial charge in [0.1, 0.15) is 5.75 Å². The Morgan fingerprint density at radius 2 is 1.62 bits per heavy atom. The molecule has 1 aromatic carbocycles. The van der Waals surface area contributed by atoms with Crippen molar-refractivity contribution in [3.63, 3.8) is 0 Å². The van der Waals surface area contributed by atoms with E-state index in [9.17, 15) is 4.79 Å². The van der Waals surface area contributed by atoms with E-state index in [1.807, 2.05) is 12.1 Å². The minimum Gasteiger partial charge on any atom is -0.497 e. The maximum Gasteiger partial charge on any atom is 0.278 e. The van der Waals surface area contributed by atoms with Gasteiger partial charge in [-0.25, -0.2) is 0 Å². The summed E-state index contributed by atoms with van der Waals surface area (Å²) in [4.78, 5) is 17.0. The Hall–Kier alpha value is -1.75. The summed E-state index contributed by atoms with van der Waals surface area (Å²) in [6, 6.07) is 8.35. The van der Waals surface area contributed by atoms with Gasteiger partial charge in [-0.2, -0.15) is 0 Å². The number of ether oxygens (including phenoxy) is 1. The number of hydrogen-bond acceptors (Lipinski definition) is 3. The second kappa shape index (κ2) is 7.50. The van der Waals surface area contributed by atoms with Crippen LogP contribution in [-0.2, 0) is 4.79 Å². The van der Waals surface area contributed by atoms with Gasteiger partial charge in [0.15, 0.2) is 6.04 Å². The highest BCUT2D eigenvalue weighted by Crippen LogP contribution is 2.55. The molecule has 1 saturated heterocycles. The Bertz CT molecular complexity index is 704. The minimum atomic E-state index is 0.0426. The fourth-order valence-corrected chi connectivity index (χ4v) is 7.10. The maximum atomic E-state index is 13.2. The molecule has 1 aliphatic heterocycles. The maximum absolute atomic E-state index is 13.2. The number of methoxy groups -OCH3 is 1. The topological polar surface area (TPSA) is 46.0 Å². The summed E-state index contributed by atoms with van der Waals surface area (Å²) in [5, 5.41) is 3.59. The standard InChI is InChI=1S/C24H35N3O2/c1-17(23(28)25-24-14-18-11-19(15-24)13-20(12-18)16-24)26-7-9-27(10-8-26)21-3-5-22(29-2)6-4-21/h3-6,17-20H,7-16H2,1-2H3,(H,25,28)/p+1/t17-,18?,19?,20?,24?/m1/s1. The van der Waals surface area contributed by atoms with E-state index in [2.05, 4.69) is 29.3 Å². The van der Waals surface area contributed by atoms with Crippen molar-refractivity contribution in [2.45, 2.75) is 57.0 Å². The lowest BCUT2D eigenvalue weighted by atomic mass is 9.53. The molecule has 4 aliphatic carbocycles. The molecule has 1 atom stereocenters. The van der Waals surface area contributed by atoms with Gasteiger partial charge in [-0.3, -0.25) is 4.79 Å². The molecular weight excluding hydrogens is 362 g/mol. The number of hydrogen-bond donors (Lipinski definition) is 2. The second-order valence-electron chi connectivity index (χ2n) is 10.3. The Morgan fingerprint density at radius 1 is 1.07 bits per heavy atom. The number of nitrogens with one attached hydrogen (secondary N) is 2. The minimum absolute atomic E-state index is 0.0426. The molecule has 6 rings (SSSR count). The molecule has 158 valence electrons. The van der Waals surface area contributed by atoms with E-state index in [-0.39, 0.29) is 11.6 Å². The van der Waals surface area contributed by atoms with Crippen LogP contribution in [0.1, 0.15) is 45.4 Å². The third kappa shape index (κ3) is 3.74. The molecule has 5 fully saturated rings. The third-order valence-electron chi connectivity index (χ3n) is 8.28. The van der Waals surface area contributed by atoms with Crippen LogP contribution in [0.25, 0.3) is 0 Å². The SMILES string of the molecule is COc1ccc(N2CC[NH+]([C@H](C)C(=O)NC34CC5CC(CC(C5)C3)C4)CC2)cc1. The van der Waals surface area contributed by atoms with E-state index >= 15 is 0 Å². The van der Waals surface area contributed by atoms with Gasteiger partial charge in [0, 0.05) is 11.2 Å². The van der Waals surface area contributed by atoms with Crippen molar-refractivity contribution in [3.8, 4) is 5.75 Å². The highest BCUT2D eigenvalue weighted by Gasteiger charge is 2.52. The Morgan fingerprint density at radius 3 is 2.14 bits per heavy atom. The average molecular weight is 399 g/mol. The van der Waals surface area contributed by atoms with Crippen LogP contribution in [0, 0.1) is 17.8 Å². The zero-order valence-corrected chi connectivity index (χ0v) is 18.0. The molecule has 0 radical (unpaired) electrons. The molecule has 1 heterocycles. The number of piperazine rings is 1. The number of benzene rings is 1. The van der Waals surface area contributed by atoms with Gasteiger partial charge in [0.25, 0.3) is 5.91 Å². The van der Waals surface area contributed by atoms with Crippen molar-refractivity contribution in [2.24, 2.45) is 17.8 Å². The first kappa shape index (κ1) is 19.2. The van der Waals surface area contributed by atoms with E-state index in [0.717, 1.165) is 49.7 Å². The lowest BCUT2D eigenvalue weighted by molar-refractivity contribution is -0.914. The van der Waals surface area contributed by atoms with Crippen LogP contribution in [0.5, 0.6) is 5.75 Å². The number of carbonyl (C=O) groups is 1. The summed E-state index contributed by atoms with van der Waals surface area (Å²) in [6.07, 6.45) is 7.96. The molecule has 5 heteroatoms. The van der Waals surface area contributed by atoms with Crippen LogP contribution in [0.15, 0.2) is 24.3 Å². The van der Waals surface area contributed by atoms with Crippen LogP contribution in [0.4, 0.5) is 5.69 Å². The number of amides is 1. The predicted octanol–water partition coefficient (Wildman–Crippen LogP) is 1.87. The summed E-state index contributed by atoms with van der Waals surface area (Å²) < 4.78 is 5.26. The molecule has 1 amide bonds. The van der Waals surface area contributed by atoms with Crippen LogP contribution < -0.4 is 19.9 Å². The quantitative estimate of drug-likeness (QED) is 0.796. The summed E-state index contributed by atoms with van der Waals surface area (Å²) >= 11 is 0. The lowest BCUT2D eigenvalue weighted by Crippen LogP contribution is -3.19. The largest absolute Gasteiger partial charge is 0.497 e. The molecule has 4 saturated carbocycles. The first-order valence-electron chi connectivity index (χ1n) is 11.6. The molecule has 5 nitrogen and oxygen atoms in total. The van der Waals surface area contributed by atoms with E-state index in [4.69, 9.17) is 4.74 Å². The Labute approximate surface area is 174 Å². The summed E-state index contributed by atoms with van der Waals surface area (Å²) in [7, 11) is 1.70. The number of quaternary nitrogens is 1. The van der Waals surface area contributed by atoms with Crippen molar-refractivity contribution in [2.75, 3.05) is 38.2 Å².